The molecule has 1 aliphatic carbocycles. The van der Waals surface area contributed by atoms with Crippen LogP contribution in [0, 0.1) is 23.7 Å². The third-order valence-corrected chi connectivity index (χ3v) is 5.64. The Bertz CT molecular complexity index is 287. The van der Waals surface area contributed by atoms with E-state index in [1.165, 1.54) is 0 Å². The molecule has 4 heteroatoms. The normalized spacial score (nSPS) is 46.1. The molecule has 2 aliphatic rings. The van der Waals surface area contributed by atoms with Crippen LogP contribution in [0.2, 0.25) is 0 Å². The van der Waals surface area contributed by atoms with Crippen LogP contribution in [0.5, 0.6) is 0 Å². The quantitative estimate of drug-likeness (QED) is 0.704. The highest BCUT2D eigenvalue weighted by atomic mass is 32.2. The van der Waals surface area contributed by atoms with Gasteiger partial charge in [0.2, 0.25) is 0 Å². The summed E-state index contributed by atoms with van der Waals surface area (Å²) in [5.41, 5.74) is 0. The largest absolute Gasteiger partial charge is 0.396 e. The lowest BCUT2D eigenvalue weighted by Crippen LogP contribution is -2.46. The molecule has 1 heterocycles. The van der Waals surface area contributed by atoms with Crippen molar-refractivity contribution < 1.29 is 13.5 Å². The van der Waals surface area contributed by atoms with Gasteiger partial charge in [0.25, 0.3) is 0 Å². The lowest BCUT2D eigenvalue weighted by Gasteiger charge is -2.43. The van der Waals surface area contributed by atoms with E-state index >= 15 is 0 Å². The summed E-state index contributed by atoms with van der Waals surface area (Å²) in [6.45, 7) is 2.35. The second-order valence-corrected chi connectivity index (χ2v) is 7.17. The Morgan fingerprint density at radius 2 is 1.71 bits per heavy atom. The van der Waals surface area contributed by atoms with E-state index in [0.29, 0.717) is 17.4 Å². The Hall–Kier alpha value is -0.0900. The third-order valence-electron chi connectivity index (χ3n) is 3.77. The minimum absolute atomic E-state index is 0.164. The van der Waals surface area contributed by atoms with Gasteiger partial charge in [-0.2, -0.15) is 0 Å². The van der Waals surface area contributed by atoms with Gasteiger partial charge < -0.3 is 5.11 Å². The molecule has 0 amide bonds. The summed E-state index contributed by atoms with van der Waals surface area (Å²) in [6.07, 6.45) is 1.95. The van der Waals surface area contributed by atoms with Gasteiger partial charge in [0.15, 0.2) is 9.84 Å². The molecule has 0 spiro atoms. The van der Waals surface area contributed by atoms with E-state index in [1.807, 2.05) is 0 Å². The number of aliphatic hydroxyl groups is 1. The van der Waals surface area contributed by atoms with Crippen molar-refractivity contribution in [2.45, 2.75) is 19.8 Å². The van der Waals surface area contributed by atoms with Crippen molar-refractivity contribution in [2.75, 3.05) is 18.1 Å². The van der Waals surface area contributed by atoms with Crippen LogP contribution in [-0.4, -0.2) is 31.6 Å². The number of aliphatic hydroxyl groups excluding tert-OH is 1. The first-order chi connectivity index (χ1) is 6.52. The topological polar surface area (TPSA) is 54.4 Å². The van der Waals surface area contributed by atoms with Gasteiger partial charge in [0.1, 0.15) is 0 Å². The third kappa shape index (κ3) is 1.82. The van der Waals surface area contributed by atoms with Gasteiger partial charge in [0, 0.05) is 6.61 Å². The summed E-state index contributed by atoms with van der Waals surface area (Å²) in [5, 5.41) is 9.26. The standard InChI is InChI=1S/C10H18O3S/c1-7-2-8-5-14(12,13)6-9(3-7)10(8)4-11/h7-11H,2-6H2,1H3. The fourth-order valence-corrected chi connectivity index (χ4v) is 5.47. The van der Waals surface area contributed by atoms with Gasteiger partial charge in [0.05, 0.1) is 11.5 Å². The lowest BCUT2D eigenvalue weighted by molar-refractivity contribution is 0.0704. The molecular formula is C10H18O3S. The fraction of sp³-hybridized carbons (Fsp3) is 1.00. The summed E-state index contributed by atoms with van der Waals surface area (Å²) in [4.78, 5) is 0. The molecule has 2 unspecified atom stereocenters. The molecule has 2 bridgehead atoms. The molecule has 1 saturated heterocycles. The molecule has 1 saturated carbocycles. The zero-order chi connectivity index (χ0) is 10.3. The number of rotatable bonds is 1. The lowest BCUT2D eigenvalue weighted by atomic mass is 9.69. The van der Waals surface area contributed by atoms with Gasteiger partial charge in [-0.15, -0.1) is 0 Å². The molecule has 1 aliphatic heterocycles. The van der Waals surface area contributed by atoms with E-state index in [2.05, 4.69) is 6.92 Å². The molecule has 14 heavy (non-hydrogen) atoms. The Kier molecular flexibility index (Phi) is 2.60. The van der Waals surface area contributed by atoms with Gasteiger partial charge in [-0.25, -0.2) is 8.42 Å². The smallest absolute Gasteiger partial charge is 0.150 e. The van der Waals surface area contributed by atoms with Crippen LogP contribution in [0.3, 0.4) is 0 Å². The second-order valence-electron chi connectivity index (χ2n) is 5.02. The zero-order valence-electron chi connectivity index (χ0n) is 8.52. The maximum Gasteiger partial charge on any atom is 0.150 e. The van der Waals surface area contributed by atoms with Crippen LogP contribution in [0.15, 0.2) is 0 Å². The Labute approximate surface area is 85.4 Å². The minimum Gasteiger partial charge on any atom is -0.396 e. The Balaban J connectivity index is 2.22. The molecule has 0 radical (unpaired) electrons. The minimum atomic E-state index is -2.82. The summed E-state index contributed by atoms with van der Waals surface area (Å²) < 4.78 is 23.1. The molecule has 3 nitrogen and oxygen atoms in total. The molecule has 0 aromatic carbocycles. The first kappa shape index (κ1) is 10.4. The average Bonchev–Trinajstić information content (AvgIpc) is 1.99. The van der Waals surface area contributed by atoms with Crippen molar-refractivity contribution >= 4 is 9.84 Å². The van der Waals surface area contributed by atoms with Crippen molar-refractivity contribution in [3.63, 3.8) is 0 Å². The van der Waals surface area contributed by atoms with Gasteiger partial charge >= 0.3 is 0 Å². The van der Waals surface area contributed by atoms with Crippen LogP contribution in [0.25, 0.3) is 0 Å². The number of hydrogen-bond acceptors (Lipinski definition) is 3. The predicted octanol–water partition coefficient (Wildman–Crippen LogP) is 0.686. The summed E-state index contributed by atoms with van der Waals surface area (Å²) in [5.74, 6) is 1.91. The second kappa shape index (κ2) is 3.49. The van der Waals surface area contributed by atoms with Crippen LogP contribution in [0.4, 0.5) is 0 Å². The summed E-state index contributed by atoms with van der Waals surface area (Å²) in [7, 11) is -2.82. The highest BCUT2D eigenvalue weighted by molar-refractivity contribution is 7.91. The van der Waals surface area contributed by atoms with Crippen LogP contribution < -0.4 is 0 Å². The molecule has 0 aromatic heterocycles. The van der Waals surface area contributed by atoms with Crippen molar-refractivity contribution in [1.82, 2.24) is 0 Å². The van der Waals surface area contributed by atoms with E-state index in [0.717, 1.165) is 12.8 Å². The summed E-state index contributed by atoms with van der Waals surface area (Å²) in [6, 6.07) is 0. The Morgan fingerprint density at radius 3 is 2.14 bits per heavy atom. The van der Waals surface area contributed by atoms with Gasteiger partial charge in [-0.1, -0.05) is 6.92 Å². The van der Waals surface area contributed by atoms with E-state index in [9.17, 15) is 13.5 Å². The molecule has 2 fully saturated rings. The molecule has 82 valence electrons. The van der Waals surface area contributed by atoms with E-state index in [4.69, 9.17) is 0 Å². The highest BCUT2D eigenvalue weighted by Gasteiger charge is 2.44. The van der Waals surface area contributed by atoms with E-state index in [1.54, 1.807) is 0 Å². The average molecular weight is 218 g/mol. The monoisotopic (exact) mass is 218 g/mol. The molecule has 1 N–H and O–H groups in total. The van der Waals surface area contributed by atoms with Crippen molar-refractivity contribution in [3.8, 4) is 0 Å². The first-order valence-electron chi connectivity index (χ1n) is 5.33. The molecule has 2 atom stereocenters. The maximum atomic E-state index is 11.6. The SMILES string of the molecule is CC1CC2CS(=O)(=O)CC(C1)C2CO. The molecular weight excluding hydrogens is 200 g/mol. The predicted molar refractivity (Wildman–Crippen MR) is 54.6 cm³/mol. The molecule has 2 rings (SSSR count). The number of sulfone groups is 1. The zero-order valence-corrected chi connectivity index (χ0v) is 9.33. The van der Waals surface area contributed by atoms with Crippen LogP contribution in [-0.2, 0) is 9.84 Å². The van der Waals surface area contributed by atoms with E-state index in [-0.39, 0.29) is 24.4 Å². The van der Waals surface area contributed by atoms with Gasteiger partial charge in [-0.05, 0) is 36.5 Å². The molecule has 0 aromatic rings. The van der Waals surface area contributed by atoms with Crippen LogP contribution >= 0.6 is 0 Å². The van der Waals surface area contributed by atoms with Crippen molar-refractivity contribution in [1.29, 1.82) is 0 Å². The van der Waals surface area contributed by atoms with Crippen molar-refractivity contribution in [3.05, 3.63) is 0 Å². The van der Waals surface area contributed by atoms with Crippen LogP contribution in [0.1, 0.15) is 19.8 Å². The Morgan fingerprint density at radius 1 is 1.21 bits per heavy atom. The van der Waals surface area contributed by atoms with Crippen molar-refractivity contribution in [2.24, 2.45) is 23.7 Å². The van der Waals surface area contributed by atoms with Gasteiger partial charge in [-0.3, -0.25) is 0 Å². The summed E-state index contributed by atoms with van der Waals surface area (Å²) >= 11 is 0. The highest BCUT2D eigenvalue weighted by Crippen LogP contribution is 2.42. The maximum absolute atomic E-state index is 11.6. The fourth-order valence-electron chi connectivity index (χ4n) is 3.27. The first-order valence-corrected chi connectivity index (χ1v) is 7.15. The number of fused-ring (bicyclic) bond motifs is 2. The van der Waals surface area contributed by atoms with E-state index < -0.39 is 9.84 Å². The number of hydrogen-bond donors (Lipinski definition) is 1.